The SMILES string of the molecule is CC.CNCCOc1ccnc(-n2cc(-c3c[nH]n4c(=O)c(C(C)C)c(C)nc34)cn2)c1. The molecule has 9 heteroatoms. The summed E-state index contributed by atoms with van der Waals surface area (Å²) in [5.74, 6) is 1.47. The molecule has 0 aliphatic carbocycles. The zero-order valence-corrected chi connectivity index (χ0v) is 19.5. The Hall–Kier alpha value is -3.46. The third-order valence-electron chi connectivity index (χ3n) is 4.93. The molecule has 0 aliphatic heterocycles. The van der Waals surface area contributed by atoms with Crippen LogP contribution in [0.4, 0.5) is 0 Å². The molecule has 32 heavy (non-hydrogen) atoms. The maximum absolute atomic E-state index is 12.9. The molecule has 4 aromatic heterocycles. The molecule has 4 heterocycles. The first-order chi connectivity index (χ1) is 15.5. The summed E-state index contributed by atoms with van der Waals surface area (Å²) in [6, 6.07) is 3.65. The number of hydrogen-bond acceptors (Lipinski definition) is 6. The highest BCUT2D eigenvalue weighted by Gasteiger charge is 2.18. The van der Waals surface area contributed by atoms with E-state index in [0.717, 1.165) is 34.7 Å². The number of H-pyrrole nitrogens is 1. The summed E-state index contributed by atoms with van der Waals surface area (Å²) in [5.41, 5.74) is 3.61. The Morgan fingerprint density at radius 1 is 1.28 bits per heavy atom. The molecule has 0 fully saturated rings. The number of aromatic nitrogens is 6. The molecule has 0 bridgehead atoms. The summed E-state index contributed by atoms with van der Waals surface area (Å²) in [7, 11) is 1.88. The van der Waals surface area contributed by atoms with Crippen LogP contribution in [0.25, 0.3) is 22.6 Å². The summed E-state index contributed by atoms with van der Waals surface area (Å²) in [5, 5.41) is 10.5. The minimum atomic E-state index is -0.0702. The number of likely N-dealkylation sites (N-methyl/N-ethyl adjacent to an activating group) is 1. The number of aryl methyl sites for hydroxylation is 1. The van der Waals surface area contributed by atoms with Crippen molar-refractivity contribution < 1.29 is 4.74 Å². The van der Waals surface area contributed by atoms with E-state index in [-0.39, 0.29) is 11.5 Å². The van der Waals surface area contributed by atoms with Gasteiger partial charge in [-0.15, -0.1) is 0 Å². The van der Waals surface area contributed by atoms with Gasteiger partial charge in [-0.05, 0) is 26.0 Å². The van der Waals surface area contributed by atoms with Crippen molar-refractivity contribution in [3.8, 4) is 22.7 Å². The van der Waals surface area contributed by atoms with Gasteiger partial charge in [0.15, 0.2) is 11.5 Å². The Morgan fingerprint density at radius 2 is 2.06 bits per heavy atom. The monoisotopic (exact) mass is 437 g/mol. The van der Waals surface area contributed by atoms with E-state index < -0.39 is 0 Å². The van der Waals surface area contributed by atoms with Gasteiger partial charge < -0.3 is 10.1 Å². The predicted molar refractivity (Wildman–Crippen MR) is 126 cm³/mol. The average molecular weight is 438 g/mol. The fourth-order valence-corrected chi connectivity index (χ4v) is 3.48. The molecule has 0 aliphatic rings. The molecule has 2 N–H and O–H groups in total. The topological polar surface area (TPSA) is 102 Å². The zero-order valence-electron chi connectivity index (χ0n) is 19.5. The predicted octanol–water partition coefficient (Wildman–Crippen LogP) is 3.33. The molecule has 0 atom stereocenters. The van der Waals surface area contributed by atoms with E-state index in [1.54, 1.807) is 23.3 Å². The minimum absolute atomic E-state index is 0.0702. The van der Waals surface area contributed by atoms with Crippen molar-refractivity contribution in [3.05, 3.63) is 58.5 Å². The highest BCUT2D eigenvalue weighted by atomic mass is 16.5. The first-order valence-corrected chi connectivity index (χ1v) is 10.9. The smallest absolute Gasteiger partial charge is 0.276 e. The Labute approximate surface area is 187 Å². The van der Waals surface area contributed by atoms with Crippen LogP contribution in [0.5, 0.6) is 5.75 Å². The Bertz CT molecular complexity index is 1240. The number of nitrogens with zero attached hydrogens (tertiary/aromatic N) is 5. The van der Waals surface area contributed by atoms with Gasteiger partial charge in [-0.2, -0.15) is 5.10 Å². The van der Waals surface area contributed by atoms with Crippen LogP contribution < -0.4 is 15.6 Å². The van der Waals surface area contributed by atoms with Gasteiger partial charge in [0.25, 0.3) is 5.56 Å². The largest absolute Gasteiger partial charge is 0.492 e. The molecule has 0 aromatic carbocycles. The number of rotatable bonds is 7. The second-order valence-corrected chi connectivity index (χ2v) is 7.39. The lowest BCUT2D eigenvalue weighted by Crippen LogP contribution is -2.22. The lowest BCUT2D eigenvalue weighted by atomic mass is 10.0. The van der Waals surface area contributed by atoms with E-state index in [4.69, 9.17) is 4.74 Å². The van der Waals surface area contributed by atoms with Crippen molar-refractivity contribution in [2.75, 3.05) is 20.2 Å². The van der Waals surface area contributed by atoms with Gasteiger partial charge in [-0.3, -0.25) is 9.89 Å². The Morgan fingerprint density at radius 3 is 2.78 bits per heavy atom. The summed E-state index contributed by atoms with van der Waals surface area (Å²) in [6.45, 7) is 11.2. The molecular formula is C23H31N7O2. The third kappa shape index (κ3) is 4.57. The van der Waals surface area contributed by atoms with E-state index in [2.05, 4.69) is 25.5 Å². The third-order valence-corrected chi connectivity index (χ3v) is 4.93. The van der Waals surface area contributed by atoms with Crippen LogP contribution in [0, 0.1) is 6.92 Å². The van der Waals surface area contributed by atoms with Crippen molar-refractivity contribution in [1.29, 1.82) is 0 Å². The Kier molecular flexibility index (Phi) is 7.42. The van der Waals surface area contributed by atoms with Crippen molar-refractivity contribution in [1.82, 2.24) is 34.7 Å². The van der Waals surface area contributed by atoms with Crippen molar-refractivity contribution in [2.45, 2.75) is 40.5 Å². The number of ether oxygens (including phenoxy) is 1. The average Bonchev–Trinajstić information content (AvgIpc) is 3.43. The van der Waals surface area contributed by atoms with Gasteiger partial charge in [-0.1, -0.05) is 27.7 Å². The van der Waals surface area contributed by atoms with E-state index in [9.17, 15) is 4.79 Å². The normalized spacial score (nSPS) is 11.0. The fraction of sp³-hybridized carbons (Fsp3) is 0.391. The Balaban J connectivity index is 0.00000141. The number of fused-ring (bicyclic) bond motifs is 1. The second kappa shape index (κ2) is 10.2. The maximum atomic E-state index is 12.9. The molecular weight excluding hydrogens is 406 g/mol. The molecule has 9 nitrogen and oxygen atoms in total. The molecule has 0 saturated heterocycles. The van der Waals surface area contributed by atoms with Gasteiger partial charge in [0.05, 0.1) is 6.20 Å². The molecule has 0 radical (unpaired) electrons. The number of aromatic amines is 1. The van der Waals surface area contributed by atoms with Gasteiger partial charge in [-0.25, -0.2) is 19.2 Å². The zero-order chi connectivity index (χ0) is 23.3. The first-order valence-electron chi connectivity index (χ1n) is 10.9. The fourth-order valence-electron chi connectivity index (χ4n) is 3.48. The number of hydrogen-bond donors (Lipinski definition) is 2. The van der Waals surface area contributed by atoms with Crippen LogP contribution in [0.1, 0.15) is 44.9 Å². The highest BCUT2D eigenvalue weighted by molar-refractivity contribution is 5.76. The summed E-state index contributed by atoms with van der Waals surface area (Å²) in [4.78, 5) is 21.9. The summed E-state index contributed by atoms with van der Waals surface area (Å²) >= 11 is 0. The van der Waals surface area contributed by atoms with Crippen LogP contribution in [-0.4, -0.2) is 49.6 Å². The summed E-state index contributed by atoms with van der Waals surface area (Å²) < 4.78 is 8.87. The molecule has 0 saturated carbocycles. The summed E-state index contributed by atoms with van der Waals surface area (Å²) in [6.07, 6.45) is 7.06. The minimum Gasteiger partial charge on any atom is -0.492 e. The van der Waals surface area contributed by atoms with Crippen molar-refractivity contribution >= 4 is 5.65 Å². The van der Waals surface area contributed by atoms with Crippen LogP contribution in [0.3, 0.4) is 0 Å². The molecule has 4 aromatic rings. The van der Waals surface area contributed by atoms with E-state index in [1.807, 2.05) is 60.0 Å². The lowest BCUT2D eigenvalue weighted by molar-refractivity contribution is 0.318. The molecule has 4 rings (SSSR count). The maximum Gasteiger partial charge on any atom is 0.276 e. The lowest BCUT2D eigenvalue weighted by Gasteiger charge is -2.08. The first kappa shape index (κ1) is 23.2. The van der Waals surface area contributed by atoms with Crippen molar-refractivity contribution in [2.24, 2.45) is 0 Å². The highest BCUT2D eigenvalue weighted by Crippen LogP contribution is 2.25. The van der Waals surface area contributed by atoms with Crippen LogP contribution in [0.15, 0.2) is 41.7 Å². The van der Waals surface area contributed by atoms with E-state index in [0.29, 0.717) is 18.1 Å². The number of nitrogens with one attached hydrogen (secondary N) is 2. The molecule has 170 valence electrons. The van der Waals surface area contributed by atoms with Crippen LogP contribution >= 0.6 is 0 Å². The van der Waals surface area contributed by atoms with Gasteiger partial charge >= 0.3 is 0 Å². The second-order valence-electron chi connectivity index (χ2n) is 7.39. The quantitative estimate of drug-likeness (QED) is 0.430. The standard InChI is InChI=1S/C21H25N7O2.C2H6/c1-13(2)19-14(3)26-20-17(11-25-28(20)21(19)29)15-10-24-27(12-15)18-9-16(5-6-23-18)30-8-7-22-4;1-2/h5-6,9-13,22,25H,7-8H2,1-4H3;1-2H3. The van der Waals surface area contributed by atoms with Gasteiger partial charge in [0, 0.05) is 53.6 Å². The molecule has 0 spiro atoms. The van der Waals surface area contributed by atoms with Gasteiger partial charge in [0.1, 0.15) is 12.4 Å². The van der Waals surface area contributed by atoms with Crippen LogP contribution in [-0.2, 0) is 0 Å². The number of pyridine rings is 1. The van der Waals surface area contributed by atoms with E-state index >= 15 is 0 Å². The molecule has 0 unspecified atom stereocenters. The van der Waals surface area contributed by atoms with Crippen LogP contribution in [0.2, 0.25) is 0 Å². The van der Waals surface area contributed by atoms with Crippen molar-refractivity contribution in [3.63, 3.8) is 0 Å². The van der Waals surface area contributed by atoms with E-state index in [1.165, 1.54) is 4.52 Å². The van der Waals surface area contributed by atoms with Gasteiger partial charge in [0.2, 0.25) is 0 Å². The molecule has 0 amide bonds.